The van der Waals surface area contributed by atoms with E-state index in [-0.39, 0.29) is 6.04 Å². The molecule has 0 aliphatic carbocycles. The van der Waals surface area contributed by atoms with Gasteiger partial charge in [0.15, 0.2) is 0 Å². The maximum Gasteiger partial charge on any atom is 0.130 e. The van der Waals surface area contributed by atoms with Gasteiger partial charge in [0.25, 0.3) is 0 Å². The van der Waals surface area contributed by atoms with Crippen LogP contribution >= 0.6 is 15.9 Å². The summed E-state index contributed by atoms with van der Waals surface area (Å²) in [6.07, 6.45) is 4.12. The number of aromatic nitrogens is 2. The highest BCUT2D eigenvalue weighted by Crippen LogP contribution is 2.14. The van der Waals surface area contributed by atoms with Gasteiger partial charge in [-0.25, -0.2) is 9.97 Å². The summed E-state index contributed by atoms with van der Waals surface area (Å²) in [5.74, 6) is 0.763. The molecule has 0 radical (unpaired) electrons. The summed E-state index contributed by atoms with van der Waals surface area (Å²) in [6.45, 7) is 0. The molecule has 0 bridgehead atoms. The van der Waals surface area contributed by atoms with E-state index in [0.717, 1.165) is 15.9 Å². The highest BCUT2D eigenvalue weighted by Gasteiger charge is 2.08. The third kappa shape index (κ3) is 2.87. The summed E-state index contributed by atoms with van der Waals surface area (Å²) < 4.78 is 0.879. The van der Waals surface area contributed by atoms with E-state index in [0.29, 0.717) is 6.42 Å². The van der Waals surface area contributed by atoms with Crippen LogP contribution in [0.15, 0.2) is 47.2 Å². The number of nitrogens with two attached hydrogens (primary N) is 1. The van der Waals surface area contributed by atoms with E-state index >= 15 is 0 Å². The largest absolute Gasteiger partial charge is 0.324 e. The lowest BCUT2D eigenvalue weighted by atomic mass is 10.0. The second-order valence-corrected chi connectivity index (χ2v) is 4.45. The van der Waals surface area contributed by atoms with Gasteiger partial charge in [0.1, 0.15) is 5.82 Å². The van der Waals surface area contributed by atoms with Crippen molar-refractivity contribution in [2.45, 2.75) is 12.5 Å². The van der Waals surface area contributed by atoms with E-state index in [1.54, 1.807) is 12.4 Å². The highest BCUT2D eigenvalue weighted by atomic mass is 79.9. The Kier molecular flexibility index (Phi) is 3.64. The second kappa shape index (κ2) is 5.18. The van der Waals surface area contributed by atoms with E-state index in [2.05, 4.69) is 25.9 Å². The van der Waals surface area contributed by atoms with E-state index < -0.39 is 0 Å². The van der Waals surface area contributed by atoms with Crippen molar-refractivity contribution in [3.8, 4) is 0 Å². The lowest BCUT2D eigenvalue weighted by Gasteiger charge is -2.10. The predicted molar refractivity (Wildman–Crippen MR) is 66.8 cm³/mol. The number of hydrogen-bond acceptors (Lipinski definition) is 3. The molecule has 1 heterocycles. The number of rotatable bonds is 3. The Labute approximate surface area is 103 Å². The van der Waals surface area contributed by atoms with Crippen molar-refractivity contribution < 1.29 is 0 Å². The molecule has 0 saturated carbocycles. The Bertz CT molecular complexity index is 442. The van der Waals surface area contributed by atoms with Crippen molar-refractivity contribution in [2.24, 2.45) is 5.73 Å². The van der Waals surface area contributed by atoms with Crippen molar-refractivity contribution >= 4 is 15.9 Å². The van der Waals surface area contributed by atoms with Crippen molar-refractivity contribution in [3.05, 3.63) is 58.6 Å². The molecule has 0 aliphatic rings. The van der Waals surface area contributed by atoms with Crippen LogP contribution in [0.4, 0.5) is 0 Å². The van der Waals surface area contributed by atoms with Gasteiger partial charge in [-0.1, -0.05) is 30.3 Å². The van der Waals surface area contributed by atoms with Gasteiger partial charge in [-0.3, -0.25) is 0 Å². The normalized spacial score (nSPS) is 12.4. The van der Waals surface area contributed by atoms with E-state index in [4.69, 9.17) is 5.73 Å². The molecule has 0 amide bonds. The molecule has 1 atom stereocenters. The summed E-state index contributed by atoms with van der Waals surface area (Å²) in [4.78, 5) is 8.41. The molecule has 2 N–H and O–H groups in total. The summed E-state index contributed by atoms with van der Waals surface area (Å²) in [7, 11) is 0. The number of nitrogens with zero attached hydrogens (tertiary/aromatic N) is 2. The van der Waals surface area contributed by atoms with Crippen molar-refractivity contribution in [2.75, 3.05) is 0 Å². The van der Waals surface area contributed by atoms with Gasteiger partial charge in [0, 0.05) is 24.9 Å². The molecule has 0 spiro atoms. The van der Waals surface area contributed by atoms with Crippen LogP contribution in [0.2, 0.25) is 0 Å². The first-order valence-corrected chi connectivity index (χ1v) is 5.82. The van der Waals surface area contributed by atoms with Gasteiger partial charge >= 0.3 is 0 Å². The fourth-order valence-corrected chi connectivity index (χ4v) is 1.66. The summed E-state index contributed by atoms with van der Waals surface area (Å²) in [6, 6.07) is 9.93. The topological polar surface area (TPSA) is 51.8 Å². The maximum atomic E-state index is 6.07. The molecular weight excluding hydrogens is 266 g/mol. The fraction of sp³-hybridized carbons (Fsp3) is 0.167. The van der Waals surface area contributed by atoms with Crippen LogP contribution in [-0.4, -0.2) is 9.97 Å². The molecule has 1 aromatic heterocycles. The Hall–Kier alpha value is -1.26. The Morgan fingerprint density at radius 3 is 2.38 bits per heavy atom. The lowest BCUT2D eigenvalue weighted by molar-refractivity contribution is 0.686. The number of benzene rings is 1. The number of halogens is 1. The molecule has 16 heavy (non-hydrogen) atoms. The van der Waals surface area contributed by atoms with Crippen molar-refractivity contribution in [3.63, 3.8) is 0 Å². The maximum absolute atomic E-state index is 6.07. The zero-order valence-electron chi connectivity index (χ0n) is 8.68. The quantitative estimate of drug-likeness (QED) is 0.938. The van der Waals surface area contributed by atoms with E-state index in [1.165, 1.54) is 0 Å². The molecule has 0 aliphatic heterocycles. The molecule has 82 valence electrons. The second-order valence-electron chi connectivity index (χ2n) is 3.54. The third-order valence-electron chi connectivity index (χ3n) is 2.30. The molecule has 2 aromatic rings. The average molecular weight is 278 g/mol. The highest BCUT2D eigenvalue weighted by molar-refractivity contribution is 9.10. The molecule has 1 unspecified atom stereocenters. The third-order valence-corrected chi connectivity index (χ3v) is 2.71. The molecule has 2 rings (SSSR count). The van der Waals surface area contributed by atoms with Gasteiger partial charge in [-0.05, 0) is 21.5 Å². The minimum atomic E-state index is -0.0534. The molecular formula is C12H12BrN3. The number of hydrogen-bond donors (Lipinski definition) is 1. The molecule has 0 saturated heterocycles. The lowest BCUT2D eigenvalue weighted by Crippen LogP contribution is -2.14. The smallest absolute Gasteiger partial charge is 0.130 e. The average Bonchev–Trinajstić information content (AvgIpc) is 2.33. The van der Waals surface area contributed by atoms with Crippen LogP contribution in [0.3, 0.4) is 0 Å². The van der Waals surface area contributed by atoms with Crippen molar-refractivity contribution in [1.82, 2.24) is 9.97 Å². The van der Waals surface area contributed by atoms with Gasteiger partial charge in [0.2, 0.25) is 0 Å². The monoisotopic (exact) mass is 277 g/mol. The van der Waals surface area contributed by atoms with Gasteiger partial charge < -0.3 is 5.73 Å². The minimum Gasteiger partial charge on any atom is -0.324 e. The van der Waals surface area contributed by atoms with Crippen LogP contribution in [0.25, 0.3) is 0 Å². The Balaban J connectivity index is 2.08. The van der Waals surface area contributed by atoms with E-state index in [9.17, 15) is 0 Å². The molecule has 4 heteroatoms. The van der Waals surface area contributed by atoms with Crippen molar-refractivity contribution in [1.29, 1.82) is 0 Å². The first kappa shape index (κ1) is 11.2. The summed E-state index contributed by atoms with van der Waals surface area (Å²) in [5, 5.41) is 0. The van der Waals surface area contributed by atoms with Crippen LogP contribution in [0.5, 0.6) is 0 Å². The van der Waals surface area contributed by atoms with Gasteiger partial charge in [0.05, 0.1) is 4.47 Å². The zero-order chi connectivity index (χ0) is 11.4. The first-order valence-electron chi connectivity index (χ1n) is 5.02. The van der Waals surface area contributed by atoms with Crippen LogP contribution in [0, 0.1) is 0 Å². The zero-order valence-corrected chi connectivity index (χ0v) is 10.3. The standard InChI is InChI=1S/C12H12BrN3/c13-10-7-15-12(16-8-10)6-11(14)9-4-2-1-3-5-9/h1-5,7-8,11H,6,14H2. The Morgan fingerprint density at radius 2 is 1.75 bits per heavy atom. The minimum absolute atomic E-state index is 0.0534. The van der Waals surface area contributed by atoms with Gasteiger partial charge in [-0.2, -0.15) is 0 Å². The fourth-order valence-electron chi connectivity index (χ4n) is 1.46. The molecule has 1 aromatic carbocycles. The predicted octanol–water partition coefficient (Wildman–Crippen LogP) is 2.48. The van der Waals surface area contributed by atoms with Crippen LogP contribution < -0.4 is 5.73 Å². The SMILES string of the molecule is NC(Cc1ncc(Br)cn1)c1ccccc1. The van der Waals surface area contributed by atoms with Gasteiger partial charge in [-0.15, -0.1) is 0 Å². The van der Waals surface area contributed by atoms with E-state index in [1.807, 2.05) is 30.3 Å². The van der Waals surface area contributed by atoms with Crippen LogP contribution in [-0.2, 0) is 6.42 Å². The van der Waals surface area contributed by atoms with Crippen LogP contribution in [0.1, 0.15) is 17.4 Å². The Morgan fingerprint density at radius 1 is 1.12 bits per heavy atom. The summed E-state index contributed by atoms with van der Waals surface area (Å²) >= 11 is 3.30. The summed E-state index contributed by atoms with van der Waals surface area (Å²) in [5.41, 5.74) is 7.18. The molecule has 3 nitrogen and oxygen atoms in total. The first-order chi connectivity index (χ1) is 7.75. The molecule has 0 fully saturated rings.